The van der Waals surface area contributed by atoms with Gasteiger partial charge in [0.1, 0.15) is 11.4 Å². The van der Waals surface area contributed by atoms with Crippen LogP contribution in [0.25, 0.3) is 0 Å². The summed E-state index contributed by atoms with van der Waals surface area (Å²) in [6.45, 7) is 0.460. The summed E-state index contributed by atoms with van der Waals surface area (Å²) in [4.78, 5) is 22.7. The topological polar surface area (TPSA) is 89.5 Å². The Morgan fingerprint density at radius 2 is 2.16 bits per heavy atom. The molecule has 1 aliphatic heterocycles. The van der Waals surface area contributed by atoms with Crippen LogP contribution in [0, 0.1) is 21.7 Å². The van der Waals surface area contributed by atoms with Crippen molar-refractivity contribution in [3.05, 3.63) is 39.4 Å². The van der Waals surface area contributed by atoms with Gasteiger partial charge in [0.15, 0.2) is 0 Å². The number of nitro benzene ring substituents is 1. The van der Waals surface area contributed by atoms with E-state index in [1.165, 1.54) is 4.90 Å². The first-order valence-electron chi connectivity index (χ1n) is 5.59. The standard InChI is InChI=1S/C11H11F2N3O3/c12-7-1-2-8(16(18)19)10(13)9(7)11(17)15-4-3-6(14)5-15/h1-2,6H,3-5,14H2/t6-/m0/s1. The lowest BCUT2D eigenvalue weighted by atomic mass is 10.1. The summed E-state index contributed by atoms with van der Waals surface area (Å²) in [5, 5.41) is 10.6. The van der Waals surface area contributed by atoms with Crippen LogP contribution in [0.2, 0.25) is 0 Å². The van der Waals surface area contributed by atoms with Gasteiger partial charge in [-0.05, 0) is 12.5 Å². The largest absolute Gasteiger partial charge is 0.337 e. The lowest BCUT2D eigenvalue weighted by Gasteiger charge is -2.16. The zero-order valence-corrected chi connectivity index (χ0v) is 9.81. The van der Waals surface area contributed by atoms with E-state index in [1.54, 1.807) is 0 Å². The molecule has 2 N–H and O–H groups in total. The molecule has 8 heteroatoms. The maximum Gasteiger partial charge on any atom is 0.305 e. The molecule has 0 radical (unpaired) electrons. The summed E-state index contributed by atoms with van der Waals surface area (Å²) in [5.74, 6) is -3.48. The Bertz CT molecular complexity index is 550. The fourth-order valence-electron chi connectivity index (χ4n) is 2.01. The van der Waals surface area contributed by atoms with Crippen molar-refractivity contribution in [1.29, 1.82) is 0 Å². The average molecular weight is 271 g/mol. The molecule has 1 atom stereocenters. The second-order valence-corrected chi connectivity index (χ2v) is 4.31. The van der Waals surface area contributed by atoms with Gasteiger partial charge in [0.2, 0.25) is 5.82 Å². The number of hydrogen-bond acceptors (Lipinski definition) is 4. The van der Waals surface area contributed by atoms with Gasteiger partial charge >= 0.3 is 5.69 Å². The molecular formula is C11H11F2N3O3. The summed E-state index contributed by atoms with van der Waals surface area (Å²) in [5.41, 5.74) is 3.78. The van der Waals surface area contributed by atoms with Crippen LogP contribution >= 0.6 is 0 Å². The molecule has 1 aromatic rings. The van der Waals surface area contributed by atoms with E-state index in [4.69, 9.17) is 5.73 Å². The fraction of sp³-hybridized carbons (Fsp3) is 0.364. The highest BCUT2D eigenvalue weighted by Gasteiger charge is 2.32. The number of likely N-dealkylation sites (tertiary alicyclic amines) is 1. The quantitative estimate of drug-likeness (QED) is 0.643. The van der Waals surface area contributed by atoms with E-state index >= 15 is 0 Å². The van der Waals surface area contributed by atoms with Gasteiger partial charge in [-0.3, -0.25) is 14.9 Å². The van der Waals surface area contributed by atoms with Crippen LogP contribution < -0.4 is 5.73 Å². The van der Waals surface area contributed by atoms with Gasteiger partial charge in [0.05, 0.1) is 4.92 Å². The van der Waals surface area contributed by atoms with Gasteiger partial charge < -0.3 is 10.6 Å². The lowest BCUT2D eigenvalue weighted by Crippen LogP contribution is -2.33. The number of halogens is 2. The first-order valence-corrected chi connectivity index (χ1v) is 5.59. The number of carbonyl (C=O) groups is 1. The number of nitrogens with zero attached hydrogens (tertiary/aromatic N) is 2. The number of carbonyl (C=O) groups excluding carboxylic acids is 1. The van der Waals surface area contributed by atoms with Crippen LogP contribution in [0.4, 0.5) is 14.5 Å². The maximum atomic E-state index is 13.8. The Kier molecular flexibility index (Phi) is 3.43. The normalized spacial score (nSPS) is 18.7. The van der Waals surface area contributed by atoms with Crippen LogP contribution in [-0.2, 0) is 0 Å². The molecule has 1 amide bonds. The van der Waals surface area contributed by atoms with Crippen molar-refractivity contribution in [3.63, 3.8) is 0 Å². The van der Waals surface area contributed by atoms with Crippen molar-refractivity contribution in [2.45, 2.75) is 12.5 Å². The third-order valence-electron chi connectivity index (χ3n) is 2.99. The molecule has 0 saturated carbocycles. The van der Waals surface area contributed by atoms with Crippen molar-refractivity contribution in [1.82, 2.24) is 4.90 Å². The molecule has 102 valence electrons. The Labute approximate surface area is 106 Å². The summed E-state index contributed by atoms with van der Waals surface area (Å²) >= 11 is 0. The Morgan fingerprint density at radius 1 is 1.47 bits per heavy atom. The molecule has 0 bridgehead atoms. The van der Waals surface area contributed by atoms with E-state index < -0.39 is 33.7 Å². The van der Waals surface area contributed by atoms with Crippen LogP contribution in [0.5, 0.6) is 0 Å². The molecule has 0 unspecified atom stereocenters. The first-order chi connectivity index (χ1) is 8.91. The van der Waals surface area contributed by atoms with Crippen LogP contribution in [-0.4, -0.2) is 34.9 Å². The van der Waals surface area contributed by atoms with Crippen LogP contribution in [0.1, 0.15) is 16.8 Å². The molecule has 0 spiro atoms. The molecule has 2 rings (SSSR count). The van der Waals surface area contributed by atoms with E-state index in [2.05, 4.69) is 0 Å². The Hall–Kier alpha value is -2.09. The van der Waals surface area contributed by atoms with Gasteiger partial charge in [0.25, 0.3) is 5.91 Å². The number of nitrogens with two attached hydrogens (primary N) is 1. The zero-order chi connectivity index (χ0) is 14.2. The zero-order valence-electron chi connectivity index (χ0n) is 9.81. The predicted molar refractivity (Wildman–Crippen MR) is 61.5 cm³/mol. The molecule has 1 fully saturated rings. The summed E-state index contributed by atoms with van der Waals surface area (Å²) < 4.78 is 27.4. The second kappa shape index (κ2) is 4.88. The van der Waals surface area contributed by atoms with E-state index in [0.717, 1.165) is 0 Å². The molecule has 1 heterocycles. The Balaban J connectivity index is 2.41. The van der Waals surface area contributed by atoms with Gasteiger partial charge in [-0.1, -0.05) is 0 Å². The molecule has 1 saturated heterocycles. The SMILES string of the molecule is N[C@H]1CCN(C(=O)c2c(F)ccc([N+](=O)[O-])c2F)C1. The number of nitro groups is 1. The summed E-state index contributed by atoms with van der Waals surface area (Å²) in [6.07, 6.45) is 0.532. The highest BCUT2D eigenvalue weighted by atomic mass is 19.1. The Morgan fingerprint density at radius 3 is 2.68 bits per heavy atom. The molecule has 1 aliphatic rings. The highest BCUT2D eigenvalue weighted by Crippen LogP contribution is 2.25. The summed E-state index contributed by atoms with van der Waals surface area (Å²) in [6, 6.07) is 1.16. The van der Waals surface area contributed by atoms with Crippen molar-refractivity contribution in [3.8, 4) is 0 Å². The van der Waals surface area contributed by atoms with Crippen molar-refractivity contribution in [2.75, 3.05) is 13.1 Å². The second-order valence-electron chi connectivity index (χ2n) is 4.31. The smallest absolute Gasteiger partial charge is 0.305 e. The van der Waals surface area contributed by atoms with E-state index in [-0.39, 0.29) is 19.1 Å². The minimum absolute atomic E-state index is 0.181. The van der Waals surface area contributed by atoms with Crippen molar-refractivity contribution in [2.24, 2.45) is 5.73 Å². The molecule has 1 aromatic carbocycles. The van der Waals surface area contributed by atoms with E-state index in [9.17, 15) is 23.7 Å². The third kappa shape index (κ3) is 2.39. The van der Waals surface area contributed by atoms with E-state index in [1.807, 2.05) is 0 Å². The predicted octanol–water partition coefficient (Wildman–Crippen LogP) is 1.05. The first kappa shape index (κ1) is 13.3. The van der Waals surface area contributed by atoms with E-state index in [0.29, 0.717) is 18.6 Å². The average Bonchev–Trinajstić information content (AvgIpc) is 2.75. The fourth-order valence-corrected chi connectivity index (χ4v) is 2.01. The monoisotopic (exact) mass is 271 g/mol. The maximum absolute atomic E-state index is 13.8. The minimum atomic E-state index is -1.45. The van der Waals surface area contributed by atoms with Gasteiger partial charge in [0, 0.05) is 25.2 Å². The van der Waals surface area contributed by atoms with Crippen LogP contribution in [0.3, 0.4) is 0 Å². The number of amides is 1. The molecular weight excluding hydrogens is 260 g/mol. The number of benzene rings is 1. The highest BCUT2D eigenvalue weighted by molar-refractivity contribution is 5.95. The number of rotatable bonds is 2. The molecule has 0 aliphatic carbocycles. The lowest BCUT2D eigenvalue weighted by molar-refractivity contribution is -0.387. The van der Waals surface area contributed by atoms with Gasteiger partial charge in [-0.2, -0.15) is 4.39 Å². The third-order valence-corrected chi connectivity index (χ3v) is 2.99. The number of hydrogen-bond donors (Lipinski definition) is 1. The van der Waals surface area contributed by atoms with Gasteiger partial charge in [-0.25, -0.2) is 4.39 Å². The summed E-state index contributed by atoms with van der Waals surface area (Å²) in [7, 11) is 0. The van der Waals surface area contributed by atoms with Crippen molar-refractivity contribution < 1.29 is 18.5 Å². The van der Waals surface area contributed by atoms with Gasteiger partial charge in [-0.15, -0.1) is 0 Å². The van der Waals surface area contributed by atoms with Crippen molar-refractivity contribution >= 4 is 11.6 Å². The minimum Gasteiger partial charge on any atom is -0.337 e. The molecule has 19 heavy (non-hydrogen) atoms. The van der Waals surface area contributed by atoms with Crippen LogP contribution in [0.15, 0.2) is 12.1 Å². The molecule has 0 aromatic heterocycles. The molecule has 6 nitrogen and oxygen atoms in total.